The van der Waals surface area contributed by atoms with Crippen LogP contribution in [0.1, 0.15) is 11.4 Å². The van der Waals surface area contributed by atoms with E-state index in [-0.39, 0.29) is 11.4 Å². The number of rotatable bonds is 5. The van der Waals surface area contributed by atoms with Crippen molar-refractivity contribution < 1.29 is 36.9 Å². The number of nitrogens with zero attached hydrogens (tertiary/aromatic N) is 1. The number of hydrogen-bond donors (Lipinski definition) is 1. The SMILES string of the molecule is COc1cc(OC(F)(F)F)c(CF)nc1CC(=O)O. The van der Waals surface area contributed by atoms with Crippen LogP contribution in [-0.4, -0.2) is 29.5 Å². The zero-order valence-electron chi connectivity index (χ0n) is 9.62. The third kappa shape index (κ3) is 4.27. The second-order valence-electron chi connectivity index (χ2n) is 3.33. The maximum absolute atomic E-state index is 12.6. The summed E-state index contributed by atoms with van der Waals surface area (Å²) in [7, 11) is 1.12. The monoisotopic (exact) mass is 283 g/mol. The molecule has 0 aromatic carbocycles. The summed E-state index contributed by atoms with van der Waals surface area (Å²) in [6.45, 7) is -1.33. The van der Waals surface area contributed by atoms with Crippen molar-refractivity contribution in [3.8, 4) is 11.5 Å². The lowest BCUT2D eigenvalue weighted by molar-refractivity contribution is -0.275. The topological polar surface area (TPSA) is 68.7 Å². The molecule has 0 unspecified atom stereocenters. The van der Waals surface area contributed by atoms with E-state index in [1.807, 2.05) is 0 Å². The van der Waals surface area contributed by atoms with E-state index < -0.39 is 36.9 Å². The first-order valence-corrected chi connectivity index (χ1v) is 4.87. The van der Waals surface area contributed by atoms with Gasteiger partial charge in [-0.1, -0.05) is 0 Å². The first kappa shape index (κ1) is 15.0. The summed E-state index contributed by atoms with van der Waals surface area (Å²) in [6, 6.07) is 0.758. The largest absolute Gasteiger partial charge is 0.573 e. The van der Waals surface area contributed by atoms with Crippen molar-refractivity contribution in [2.24, 2.45) is 0 Å². The van der Waals surface area contributed by atoms with E-state index in [1.54, 1.807) is 0 Å². The molecule has 0 aliphatic carbocycles. The Hall–Kier alpha value is -2.06. The smallest absolute Gasteiger partial charge is 0.495 e. The molecule has 0 radical (unpaired) electrons. The lowest BCUT2D eigenvalue weighted by Gasteiger charge is -2.14. The van der Waals surface area contributed by atoms with Gasteiger partial charge in [-0.3, -0.25) is 4.79 Å². The van der Waals surface area contributed by atoms with Crippen LogP contribution in [-0.2, 0) is 17.9 Å². The predicted octanol–water partition coefficient (Wildman–Crippen LogP) is 2.09. The summed E-state index contributed by atoms with van der Waals surface area (Å²) in [4.78, 5) is 14.0. The number of halogens is 4. The highest BCUT2D eigenvalue weighted by Gasteiger charge is 2.33. The van der Waals surface area contributed by atoms with E-state index in [1.165, 1.54) is 0 Å². The van der Waals surface area contributed by atoms with E-state index in [4.69, 9.17) is 9.84 Å². The van der Waals surface area contributed by atoms with Crippen LogP contribution in [0.4, 0.5) is 17.6 Å². The predicted molar refractivity (Wildman–Crippen MR) is 53.6 cm³/mol. The van der Waals surface area contributed by atoms with Crippen LogP contribution in [0.3, 0.4) is 0 Å². The summed E-state index contributed by atoms with van der Waals surface area (Å²) < 4.78 is 57.2. The molecule has 19 heavy (non-hydrogen) atoms. The van der Waals surface area contributed by atoms with Gasteiger partial charge in [0, 0.05) is 6.07 Å². The molecular formula is C10H9F4NO4. The second kappa shape index (κ2) is 5.72. The first-order chi connectivity index (χ1) is 8.76. The van der Waals surface area contributed by atoms with Crippen molar-refractivity contribution in [3.63, 3.8) is 0 Å². The summed E-state index contributed by atoms with van der Waals surface area (Å²) >= 11 is 0. The van der Waals surface area contributed by atoms with Crippen LogP contribution in [0.15, 0.2) is 6.07 Å². The summed E-state index contributed by atoms with van der Waals surface area (Å²) in [5.74, 6) is -2.36. The van der Waals surface area contributed by atoms with Gasteiger partial charge < -0.3 is 14.6 Å². The summed E-state index contributed by atoms with van der Waals surface area (Å²) in [5, 5.41) is 8.61. The maximum Gasteiger partial charge on any atom is 0.573 e. The van der Waals surface area contributed by atoms with Gasteiger partial charge in [-0.15, -0.1) is 13.2 Å². The number of carbonyl (C=O) groups is 1. The molecule has 1 aromatic heterocycles. The van der Waals surface area contributed by atoms with E-state index in [0.29, 0.717) is 0 Å². The zero-order valence-corrected chi connectivity index (χ0v) is 9.62. The van der Waals surface area contributed by atoms with Crippen LogP contribution in [0.2, 0.25) is 0 Å². The Labute approximate surface area is 104 Å². The number of carboxylic acid groups (broad SMARTS) is 1. The van der Waals surface area contributed by atoms with Gasteiger partial charge >= 0.3 is 12.3 Å². The molecule has 0 saturated heterocycles. The minimum absolute atomic E-state index is 0.183. The molecule has 1 N–H and O–H groups in total. The van der Waals surface area contributed by atoms with Gasteiger partial charge in [-0.25, -0.2) is 9.37 Å². The average Bonchev–Trinajstić information content (AvgIpc) is 2.27. The Morgan fingerprint density at radius 3 is 2.42 bits per heavy atom. The molecule has 0 aliphatic rings. The van der Waals surface area contributed by atoms with Crippen molar-refractivity contribution in [2.45, 2.75) is 19.5 Å². The van der Waals surface area contributed by atoms with Gasteiger partial charge in [-0.2, -0.15) is 0 Å². The van der Waals surface area contributed by atoms with Gasteiger partial charge in [0.1, 0.15) is 18.1 Å². The van der Waals surface area contributed by atoms with Gasteiger partial charge in [0.2, 0.25) is 0 Å². The quantitative estimate of drug-likeness (QED) is 0.838. The molecule has 0 spiro atoms. The fourth-order valence-electron chi connectivity index (χ4n) is 1.31. The second-order valence-corrected chi connectivity index (χ2v) is 3.33. The number of aliphatic carboxylic acids is 1. The van der Waals surface area contributed by atoms with Crippen LogP contribution < -0.4 is 9.47 Å². The lowest BCUT2D eigenvalue weighted by atomic mass is 10.2. The molecule has 1 heterocycles. The highest BCUT2D eigenvalue weighted by Crippen LogP contribution is 2.31. The van der Waals surface area contributed by atoms with E-state index in [2.05, 4.69) is 9.72 Å². The lowest BCUT2D eigenvalue weighted by Crippen LogP contribution is -2.19. The molecule has 0 bridgehead atoms. The molecule has 0 atom stereocenters. The van der Waals surface area contributed by atoms with Crippen LogP contribution >= 0.6 is 0 Å². The summed E-state index contributed by atoms with van der Waals surface area (Å²) in [5.41, 5.74) is -0.827. The van der Waals surface area contributed by atoms with E-state index >= 15 is 0 Å². The number of alkyl halides is 4. The molecule has 1 rings (SSSR count). The van der Waals surface area contributed by atoms with Gasteiger partial charge in [-0.05, 0) is 0 Å². The number of carboxylic acids is 1. The van der Waals surface area contributed by atoms with Crippen LogP contribution in [0, 0.1) is 0 Å². The number of methoxy groups -OCH3 is 1. The molecule has 0 saturated carbocycles. The fourth-order valence-corrected chi connectivity index (χ4v) is 1.31. The van der Waals surface area contributed by atoms with E-state index in [0.717, 1.165) is 13.2 Å². The van der Waals surface area contributed by atoms with Crippen molar-refractivity contribution in [3.05, 3.63) is 17.5 Å². The number of pyridine rings is 1. The zero-order chi connectivity index (χ0) is 14.6. The van der Waals surface area contributed by atoms with Crippen molar-refractivity contribution in [2.75, 3.05) is 7.11 Å². The van der Waals surface area contributed by atoms with Crippen molar-refractivity contribution >= 4 is 5.97 Å². The molecule has 1 aromatic rings. The first-order valence-electron chi connectivity index (χ1n) is 4.87. The molecule has 0 fully saturated rings. The van der Waals surface area contributed by atoms with Crippen molar-refractivity contribution in [1.82, 2.24) is 4.98 Å². The van der Waals surface area contributed by atoms with Crippen LogP contribution in [0.5, 0.6) is 11.5 Å². The normalized spacial score (nSPS) is 11.2. The molecule has 0 amide bonds. The van der Waals surface area contributed by atoms with E-state index in [9.17, 15) is 22.4 Å². The Bertz CT molecular complexity index is 475. The number of ether oxygens (including phenoxy) is 2. The Morgan fingerprint density at radius 1 is 1.37 bits per heavy atom. The maximum atomic E-state index is 12.6. The molecule has 5 nitrogen and oxygen atoms in total. The molecule has 0 aliphatic heterocycles. The highest BCUT2D eigenvalue weighted by molar-refractivity contribution is 5.70. The number of aromatic nitrogens is 1. The Balaban J connectivity index is 3.22. The molecule has 9 heteroatoms. The average molecular weight is 283 g/mol. The number of hydrogen-bond acceptors (Lipinski definition) is 4. The van der Waals surface area contributed by atoms with Crippen LogP contribution in [0.25, 0.3) is 0 Å². The van der Waals surface area contributed by atoms with Gasteiger partial charge in [0.25, 0.3) is 0 Å². The third-order valence-corrected chi connectivity index (χ3v) is 1.99. The summed E-state index contributed by atoms with van der Waals surface area (Å²) in [6.07, 6.45) is -5.62. The van der Waals surface area contributed by atoms with Gasteiger partial charge in [0.05, 0.1) is 19.2 Å². The van der Waals surface area contributed by atoms with Gasteiger partial charge in [0.15, 0.2) is 5.75 Å². The fraction of sp³-hybridized carbons (Fsp3) is 0.400. The molecule has 106 valence electrons. The third-order valence-electron chi connectivity index (χ3n) is 1.99. The van der Waals surface area contributed by atoms with Crippen molar-refractivity contribution in [1.29, 1.82) is 0 Å². The Kier molecular flexibility index (Phi) is 4.52. The standard InChI is InChI=1S/C10H9F4NO4/c1-18-7-3-8(19-10(12,13)14)6(4-11)15-5(7)2-9(16)17/h3H,2,4H2,1H3,(H,16,17). The minimum Gasteiger partial charge on any atom is -0.495 e. The minimum atomic E-state index is -5.01. The Morgan fingerprint density at radius 2 is 2.00 bits per heavy atom. The molecular weight excluding hydrogens is 274 g/mol. The highest BCUT2D eigenvalue weighted by atomic mass is 19.4.